The van der Waals surface area contributed by atoms with Gasteiger partial charge in [0.05, 0.1) is 6.10 Å². The number of ether oxygens (including phenoxy) is 1. The van der Waals surface area contributed by atoms with E-state index in [9.17, 15) is 4.79 Å². The van der Waals surface area contributed by atoms with E-state index in [4.69, 9.17) is 4.74 Å². The van der Waals surface area contributed by atoms with Crippen LogP contribution in [0.1, 0.15) is 19.8 Å². The first-order valence-corrected chi connectivity index (χ1v) is 4.03. The number of hydrogen-bond donors (Lipinski definition) is 0. The van der Waals surface area contributed by atoms with Crippen LogP contribution >= 0.6 is 0 Å². The van der Waals surface area contributed by atoms with E-state index in [-0.39, 0.29) is 12.0 Å². The number of likely N-dealkylation sites (N-methyl/N-ethyl adjacent to an activating group) is 1. The summed E-state index contributed by atoms with van der Waals surface area (Å²) in [6.45, 7) is 3.18. The van der Waals surface area contributed by atoms with Crippen LogP contribution in [-0.2, 0) is 9.53 Å². The Morgan fingerprint density at radius 2 is 2.45 bits per heavy atom. The molecule has 1 saturated heterocycles. The number of nitrogens with zero attached hydrogens (tertiary/aromatic N) is 1. The molecule has 0 bridgehead atoms. The molecule has 0 aliphatic carbocycles. The van der Waals surface area contributed by atoms with Crippen LogP contribution in [0.5, 0.6) is 0 Å². The van der Waals surface area contributed by atoms with Crippen LogP contribution in [0.2, 0.25) is 0 Å². The molecule has 0 aromatic carbocycles. The Kier molecular flexibility index (Phi) is 2.88. The van der Waals surface area contributed by atoms with E-state index in [2.05, 4.69) is 0 Å². The van der Waals surface area contributed by atoms with Gasteiger partial charge < -0.3 is 9.64 Å². The summed E-state index contributed by atoms with van der Waals surface area (Å²) in [5, 5.41) is 0. The Morgan fingerprint density at radius 1 is 1.73 bits per heavy atom. The first-order chi connectivity index (χ1) is 5.20. The van der Waals surface area contributed by atoms with Gasteiger partial charge in [-0.05, 0) is 12.8 Å². The number of amides is 1. The first-order valence-electron chi connectivity index (χ1n) is 4.03. The molecule has 0 N–H and O–H groups in total. The predicted octanol–water partition coefficient (Wildman–Crippen LogP) is 0.644. The highest BCUT2D eigenvalue weighted by molar-refractivity contribution is 5.72. The van der Waals surface area contributed by atoms with E-state index in [0.29, 0.717) is 0 Å². The molecule has 0 saturated carbocycles. The molecule has 1 aliphatic rings. The Labute approximate surface area is 67.3 Å². The Balaban J connectivity index is 2.23. The highest BCUT2D eigenvalue weighted by Gasteiger charge is 2.17. The van der Waals surface area contributed by atoms with Gasteiger partial charge in [-0.1, -0.05) is 0 Å². The van der Waals surface area contributed by atoms with Crippen LogP contribution in [0.25, 0.3) is 0 Å². The van der Waals surface area contributed by atoms with E-state index in [0.717, 1.165) is 26.0 Å². The van der Waals surface area contributed by atoms with Gasteiger partial charge in [0.2, 0.25) is 5.91 Å². The quantitative estimate of drug-likeness (QED) is 0.589. The third-order valence-electron chi connectivity index (χ3n) is 2.04. The fourth-order valence-corrected chi connectivity index (χ4v) is 1.22. The molecular weight excluding hydrogens is 142 g/mol. The summed E-state index contributed by atoms with van der Waals surface area (Å²) in [6.07, 6.45) is 2.51. The molecule has 1 aliphatic heterocycles. The van der Waals surface area contributed by atoms with Crippen molar-refractivity contribution in [2.24, 2.45) is 0 Å². The van der Waals surface area contributed by atoms with Gasteiger partial charge in [0.25, 0.3) is 0 Å². The number of rotatable bonds is 2. The number of carbonyl (C=O) groups excluding carboxylic acids is 1. The lowest BCUT2D eigenvalue weighted by Crippen LogP contribution is -2.32. The van der Waals surface area contributed by atoms with Crippen LogP contribution in [0.15, 0.2) is 0 Å². The van der Waals surface area contributed by atoms with Gasteiger partial charge in [-0.3, -0.25) is 4.79 Å². The molecule has 1 amide bonds. The van der Waals surface area contributed by atoms with Crippen LogP contribution in [0.3, 0.4) is 0 Å². The van der Waals surface area contributed by atoms with Crippen LogP contribution in [0.4, 0.5) is 0 Å². The number of hydrogen-bond acceptors (Lipinski definition) is 2. The molecule has 3 heteroatoms. The molecule has 1 fully saturated rings. The summed E-state index contributed by atoms with van der Waals surface area (Å²) >= 11 is 0. The normalized spacial score (nSPS) is 23.6. The van der Waals surface area contributed by atoms with Crippen LogP contribution < -0.4 is 0 Å². The first kappa shape index (κ1) is 8.53. The standard InChI is InChI=1S/C8H15NO2/c1-7(10)9(2)6-8-4-3-5-11-8/h8H,3-6H2,1-2H3. The summed E-state index contributed by atoms with van der Waals surface area (Å²) in [5.41, 5.74) is 0. The minimum absolute atomic E-state index is 0.112. The second-order valence-corrected chi connectivity index (χ2v) is 3.03. The fourth-order valence-electron chi connectivity index (χ4n) is 1.22. The predicted molar refractivity (Wildman–Crippen MR) is 42.3 cm³/mol. The number of carbonyl (C=O) groups is 1. The third-order valence-corrected chi connectivity index (χ3v) is 2.04. The van der Waals surface area contributed by atoms with Gasteiger partial charge in [0, 0.05) is 27.1 Å². The second kappa shape index (κ2) is 3.72. The summed E-state index contributed by atoms with van der Waals surface area (Å²) in [6, 6.07) is 0. The van der Waals surface area contributed by atoms with E-state index in [1.807, 2.05) is 7.05 Å². The van der Waals surface area contributed by atoms with Crippen LogP contribution in [0, 0.1) is 0 Å². The summed E-state index contributed by atoms with van der Waals surface area (Å²) in [5.74, 6) is 0.112. The molecule has 1 heterocycles. The van der Waals surface area contributed by atoms with Crippen molar-refractivity contribution in [3.63, 3.8) is 0 Å². The minimum atomic E-state index is 0.112. The monoisotopic (exact) mass is 157 g/mol. The van der Waals surface area contributed by atoms with E-state index >= 15 is 0 Å². The maximum absolute atomic E-state index is 10.8. The third kappa shape index (κ3) is 2.50. The summed E-state index contributed by atoms with van der Waals surface area (Å²) in [7, 11) is 1.81. The molecule has 0 aromatic rings. The lowest BCUT2D eigenvalue weighted by atomic mass is 10.2. The van der Waals surface area contributed by atoms with Crippen molar-refractivity contribution in [2.75, 3.05) is 20.2 Å². The van der Waals surface area contributed by atoms with Gasteiger partial charge in [0.15, 0.2) is 0 Å². The topological polar surface area (TPSA) is 29.5 Å². The molecule has 0 aromatic heterocycles. The molecule has 11 heavy (non-hydrogen) atoms. The lowest BCUT2D eigenvalue weighted by Gasteiger charge is -2.18. The van der Waals surface area contributed by atoms with Crippen molar-refractivity contribution in [1.29, 1.82) is 0 Å². The second-order valence-electron chi connectivity index (χ2n) is 3.03. The minimum Gasteiger partial charge on any atom is -0.376 e. The van der Waals surface area contributed by atoms with Gasteiger partial charge in [-0.15, -0.1) is 0 Å². The smallest absolute Gasteiger partial charge is 0.219 e. The SMILES string of the molecule is CC(=O)N(C)CC1CCCO1. The van der Waals surface area contributed by atoms with Gasteiger partial charge in [-0.25, -0.2) is 0 Å². The van der Waals surface area contributed by atoms with E-state index < -0.39 is 0 Å². The maximum atomic E-state index is 10.8. The van der Waals surface area contributed by atoms with Crippen molar-refractivity contribution in [2.45, 2.75) is 25.9 Å². The molecule has 0 radical (unpaired) electrons. The van der Waals surface area contributed by atoms with Crippen molar-refractivity contribution in [3.8, 4) is 0 Å². The molecular formula is C8H15NO2. The summed E-state index contributed by atoms with van der Waals surface area (Å²) < 4.78 is 5.38. The van der Waals surface area contributed by atoms with Gasteiger partial charge in [-0.2, -0.15) is 0 Å². The van der Waals surface area contributed by atoms with Crippen LogP contribution in [-0.4, -0.2) is 37.1 Å². The average molecular weight is 157 g/mol. The molecule has 1 unspecified atom stereocenters. The van der Waals surface area contributed by atoms with Gasteiger partial charge >= 0.3 is 0 Å². The molecule has 1 rings (SSSR count). The molecule has 3 nitrogen and oxygen atoms in total. The van der Waals surface area contributed by atoms with Crippen molar-refractivity contribution < 1.29 is 9.53 Å². The zero-order valence-corrected chi connectivity index (χ0v) is 7.17. The van der Waals surface area contributed by atoms with Crippen molar-refractivity contribution >= 4 is 5.91 Å². The lowest BCUT2D eigenvalue weighted by molar-refractivity contribution is -0.128. The van der Waals surface area contributed by atoms with Crippen molar-refractivity contribution in [1.82, 2.24) is 4.90 Å². The summed E-state index contributed by atoms with van der Waals surface area (Å²) in [4.78, 5) is 12.5. The van der Waals surface area contributed by atoms with Crippen molar-refractivity contribution in [3.05, 3.63) is 0 Å². The zero-order chi connectivity index (χ0) is 8.27. The zero-order valence-electron chi connectivity index (χ0n) is 7.17. The maximum Gasteiger partial charge on any atom is 0.219 e. The Bertz CT molecular complexity index is 141. The van der Waals surface area contributed by atoms with E-state index in [1.165, 1.54) is 0 Å². The fraction of sp³-hybridized carbons (Fsp3) is 0.875. The van der Waals surface area contributed by atoms with E-state index in [1.54, 1.807) is 11.8 Å². The highest BCUT2D eigenvalue weighted by atomic mass is 16.5. The largest absolute Gasteiger partial charge is 0.376 e. The molecule has 1 atom stereocenters. The Hall–Kier alpha value is -0.570. The highest BCUT2D eigenvalue weighted by Crippen LogP contribution is 2.12. The molecule has 0 spiro atoms. The molecule has 64 valence electrons. The van der Waals surface area contributed by atoms with Gasteiger partial charge in [0.1, 0.15) is 0 Å². The average Bonchev–Trinajstić information content (AvgIpc) is 2.39. The Morgan fingerprint density at radius 3 is 2.91 bits per heavy atom.